The van der Waals surface area contributed by atoms with Crippen LogP contribution in [-0.2, 0) is 0 Å². The van der Waals surface area contributed by atoms with E-state index in [1.54, 1.807) is 13.8 Å². The van der Waals surface area contributed by atoms with Crippen molar-refractivity contribution in [2.24, 2.45) is 5.92 Å². The van der Waals surface area contributed by atoms with Crippen LogP contribution in [0.25, 0.3) is 0 Å². The van der Waals surface area contributed by atoms with Crippen molar-refractivity contribution in [3.8, 4) is 5.75 Å². The summed E-state index contributed by atoms with van der Waals surface area (Å²) in [4.78, 5) is 11.4. The van der Waals surface area contributed by atoms with Crippen molar-refractivity contribution in [3.05, 3.63) is 29.6 Å². The second-order valence-corrected chi connectivity index (χ2v) is 3.18. The first-order valence-electron chi connectivity index (χ1n) is 4.05. The molecule has 3 heteroatoms. The van der Waals surface area contributed by atoms with Gasteiger partial charge in [0.2, 0.25) is 0 Å². The van der Waals surface area contributed by atoms with Crippen LogP contribution in [0.5, 0.6) is 5.75 Å². The molecule has 0 unspecified atom stereocenters. The van der Waals surface area contributed by atoms with E-state index in [0.29, 0.717) is 0 Å². The molecule has 13 heavy (non-hydrogen) atoms. The lowest BCUT2D eigenvalue weighted by atomic mass is 10.0. The number of Topliss-reactive ketones (excluding diaryl/α,β-unsaturated/α-hetero) is 1. The van der Waals surface area contributed by atoms with Crippen LogP contribution >= 0.6 is 0 Å². The van der Waals surface area contributed by atoms with Crippen LogP contribution in [0, 0.1) is 11.7 Å². The van der Waals surface area contributed by atoms with E-state index in [2.05, 4.69) is 0 Å². The average Bonchev–Trinajstić information content (AvgIpc) is 2.03. The Hall–Kier alpha value is -1.38. The molecule has 0 aromatic heterocycles. The third-order valence-electron chi connectivity index (χ3n) is 1.75. The highest BCUT2D eigenvalue weighted by Gasteiger charge is 2.14. The number of benzene rings is 1. The summed E-state index contributed by atoms with van der Waals surface area (Å²) in [5, 5.41) is 9.25. The molecule has 0 atom stereocenters. The fourth-order valence-corrected chi connectivity index (χ4v) is 1.02. The van der Waals surface area contributed by atoms with Gasteiger partial charge in [-0.25, -0.2) is 4.39 Å². The maximum atomic E-state index is 12.5. The monoisotopic (exact) mass is 182 g/mol. The van der Waals surface area contributed by atoms with Gasteiger partial charge < -0.3 is 5.11 Å². The molecule has 0 saturated heterocycles. The minimum atomic E-state index is -0.544. The Morgan fingerprint density at radius 3 is 2.54 bits per heavy atom. The first-order chi connectivity index (χ1) is 6.02. The van der Waals surface area contributed by atoms with Crippen molar-refractivity contribution < 1.29 is 14.3 Å². The molecule has 70 valence electrons. The van der Waals surface area contributed by atoms with E-state index < -0.39 is 5.82 Å². The lowest BCUT2D eigenvalue weighted by Gasteiger charge is -2.05. The van der Waals surface area contributed by atoms with Gasteiger partial charge in [0.05, 0.1) is 5.56 Å². The number of halogens is 1. The Bertz CT molecular complexity index is 332. The molecule has 0 aliphatic rings. The van der Waals surface area contributed by atoms with Gasteiger partial charge in [-0.15, -0.1) is 0 Å². The molecule has 2 nitrogen and oxygen atoms in total. The second kappa shape index (κ2) is 3.56. The van der Waals surface area contributed by atoms with Crippen molar-refractivity contribution >= 4 is 5.78 Å². The summed E-state index contributed by atoms with van der Waals surface area (Å²) < 4.78 is 12.5. The minimum Gasteiger partial charge on any atom is -0.507 e. The van der Waals surface area contributed by atoms with Crippen LogP contribution in [0.3, 0.4) is 0 Å². The highest BCUT2D eigenvalue weighted by molar-refractivity contribution is 5.99. The van der Waals surface area contributed by atoms with Crippen LogP contribution in [0.4, 0.5) is 4.39 Å². The lowest BCUT2D eigenvalue weighted by Crippen LogP contribution is -2.07. The number of ketones is 1. The summed E-state index contributed by atoms with van der Waals surface area (Å²) in [6.07, 6.45) is 0. The first-order valence-corrected chi connectivity index (χ1v) is 4.05. The molecule has 1 aromatic carbocycles. The standard InChI is InChI=1S/C10H11FO2/c1-6(2)10(13)8-4-3-7(11)5-9(8)12/h3-6,12H,1-2H3. The molecule has 0 spiro atoms. The molecular weight excluding hydrogens is 171 g/mol. The summed E-state index contributed by atoms with van der Waals surface area (Å²) >= 11 is 0. The van der Waals surface area contributed by atoms with Gasteiger partial charge in [-0.2, -0.15) is 0 Å². The van der Waals surface area contributed by atoms with Gasteiger partial charge in [0.1, 0.15) is 11.6 Å². The van der Waals surface area contributed by atoms with E-state index in [1.807, 2.05) is 0 Å². The zero-order valence-corrected chi connectivity index (χ0v) is 7.54. The Morgan fingerprint density at radius 1 is 1.46 bits per heavy atom. The molecule has 1 rings (SSSR count). The molecular formula is C10H11FO2. The average molecular weight is 182 g/mol. The molecule has 0 heterocycles. The van der Waals surface area contributed by atoms with Crippen molar-refractivity contribution in [2.45, 2.75) is 13.8 Å². The third kappa shape index (κ3) is 2.05. The summed E-state index contributed by atoms with van der Waals surface area (Å²) in [7, 11) is 0. The number of carbonyl (C=O) groups is 1. The molecule has 0 bridgehead atoms. The van der Waals surface area contributed by atoms with Crippen LogP contribution in [0.1, 0.15) is 24.2 Å². The number of phenolic OH excluding ortho intramolecular Hbond substituents is 1. The number of carbonyl (C=O) groups excluding carboxylic acids is 1. The molecule has 0 radical (unpaired) electrons. The zero-order valence-electron chi connectivity index (χ0n) is 7.54. The number of hydrogen-bond acceptors (Lipinski definition) is 2. The van der Waals surface area contributed by atoms with Crippen molar-refractivity contribution in [2.75, 3.05) is 0 Å². The number of rotatable bonds is 2. The Labute approximate surface area is 76.0 Å². The number of phenols is 1. The zero-order chi connectivity index (χ0) is 10.0. The van der Waals surface area contributed by atoms with Crippen molar-refractivity contribution in [1.29, 1.82) is 0 Å². The summed E-state index contributed by atoms with van der Waals surface area (Å²) in [6.45, 7) is 3.45. The predicted molar refractivity (Wildman–Crippen MR) is 47.2 cm³/mol. The molecule has 0 saturated carbocycles. The Balaban J connectivity index is 3.09. The van der Waals surface area contributed by atoms with Crippen molar-refractivity contribution in [3.63, 3.8) is 0 Å². The maximum Gasteiger partial charge on any atom is 0.169 e. The third-order valence-corrected chi connectivity index (χ3v) is 1.75. The van der Waals surface area contributed by atoms with Gasteiger partial charge in [-0.3, -0.25) is 4.79 Å². The van der Waals surface area contributed by atoms with Crippen LogP contribution in [0.15, 0.2) is 18.2 Å². The Morgan fingerprint density at radius 2 is 2.08 bits per heavy atom. The highest BCUT2D eigenvalue weighted by atomic mass is 19.1. The van der Waals surface area contributed by atoms with E-state index >= 15 is 0 Å². The van der Waals surface area contributed by atoms with E-state index in [0.717, 1.165) is 12.1 Å². The number of aromatic hydroxyl groups is 1. The summed E-state index contributed by atoms with van der Waals surface area (Å²) in [5.41, 5.74) is 0.177. The fourth-order valence-electron chi connectivity index (χ4n) is 1.02. The highest BCUT2D eigenvalue weighted by Crippen LogP contribution is 2.20. The smallest absolute Gasteiger partial charge is 0.169 e. The summed E-state index contributed by atoms with van der Waals surface area (Å²) in [6, 6.07) is 3.40. The number of hydrogen-bond donors (Lipinski definition) is 1. The van der Waals surface area contributed by atoms with E-state index in [-0.39, 0.29) is 23.0 Å². The quantitative estimate of drug-likeness (QED) is 0.713. The van der Waals surface area contributed by atoms with Gasteiger partial charge in [-0.1, -0.05) is 13.8 Å². The van der Waals surface area contributed by atoms with Crippen LogP contribution < -0.4 is 0 Å². The maximum absolute atomic E-state index is 12.5. The molecule has 0 aliphatic carbocycles. The van der Waals surface area contributed by atoms with E-state index in [4.69, 9.17) is 0 Å². The largest absolute Gasteiger partial charge is 0.507 e. The fraction of sp³-hybridized carbons (Fsp3) is 0.300. The normalized spacial score (nSPS) is 10.5. The van der Waals surface area contributed by atoms with Gasteiger partial charge >= 0.3 is 0 Å². The van der Waals surface area contributed by atoms with E-state index in [1.165, 1.54) is 6.07 Å². The first kappa shape index (κ1) is 9.71. The van der Waals surface area contributed by atoms with Crippen molar-refractivity contribution in [1.82, 2.24) is 0 Å². The lowest BCUT2D eigenvalue weighted by molar-refractivity contribution is 0.0936. The molecule has 0 fully saturated rings. The predicted octanol–water partition coefficient (Wildman–Crippen LogP) is 2.37. The SMILES string of the molecule is CC(C)C(=O)c1ccc(F)cc1O. The van der Waals surface area contributed by atoms with Crippen LogP contribution in [-0.4, -0.2) is 10.9 Å². The molecule has 0 amide bonds. The second-order valence-electron chi connectivity index (χ2n) is 3.18. The van der Waals surface area contributed by atoms with Gasteiger partial charge in [0.15, 0.2) is 5.78 Å². The van der Waals surface area contributed by atoms with Gasteiger partial charge in [0, 0.05) is 12.0 Å². The topological polar surface area (TPSA) is 37.3 Å². The molecule has 1 aromatic rings. The molecule has 0 aliphatic heterocycles. The van der Waals surface area contributed by atoms with Crippen LogP contribution in [0.2, 0.25) is 0 Å². The molecule has 1 N–H and O–H groups in total. The van der Waals surface area contributed by atoms with Gasteiger partial charge in [-0.05, 0) is 12.1 Å². The van der Waals surface area contributed by atoms with E-state index in [9.17, 15) is 14.3 Å². The Kier molecular flexibility index (Phi) is 2.66. The van der Waals surface area contributed by atoms with Gasteiger partial charge in [0.25, 0.3) is 0 Å². The summed E-state index contributed by atoms with van der Waals surface area (Å²) in [5.74, 6) is -1.22. The minimum absolute atomic E-state index is 0.177.